The molecule has 29 heteroatoms. The number of aliphatic hydroxyl groups is 2. The lowest BCUT2D eigenvalue weighted by atomic mass is 9.87. The van der Waals surface area contributed by atoms with Crippen molar-refractivity contribution >= 4 is 74.9 Å². The van der Waals surface area contributed by atoms with Gasteiger partial charge in [-0.1, -0.05) is 25.6 Å². The quantitative estimate of drug-likeness (QED) is 0.0462. The van der Waals surface area contributed by atoms with E-state index in [9.17, 15) is 62.7 Å². The molecule has 1 aliphatic heterocycles. The van der Waals surface area contributed by atoms with E-state index in [-0.39, 0.29) is 53.1 Å². The zero-order chi connectivity index (χ0) is 42.4. The van der Waals surface area contributed by atoms with E-state index < -0.39 is 90.0 Å². The summed E-state index contributed by atoms with van der Waals surface area (Å²) < 4.78 is 60.9. The Bertz CT molecular complexity index is 1910. The van der Waals surface area contributed by atoms with Gasteiger partial charge in [-0.25, -0.2) is 19.3 Å². The summed E-state index contributed by atoms with van der Waals surface area (Å²) in [5.41, 5.74) is 1.97. The van der Waals surface area contributed by atoms with Crippen LogP contribution in [0.2, 0.25) is 0 Å². The van der Waals surface area contributed by atoms with Gasteiger partial charge in [-0.15, -0.1) is 0 Å². The summed E-state index contributed by atoms with van der Waals surface area (Å²) in [4.78, 5) is 107. The number of ketones is 1. The maximum Gasteiger partial charge on any atom is 0.274 e. The third-order valence-corrected chi connectivity index (χ3v) is 12.2. The molecule has 2 amide bonds. The van der Waals surface area contributed by atoms with Crippen molar-refractivity contribution in [2.24, 2.45) is 11.3 Å². The standard InChI is InChI=1S/C27H44N7O18P3S/c1-14(15(2)35)25(40)56-9-8-29-17(36)6-7-30-24(39)21(38)26(3,4)11-49-55(46,47)52-54(44,45)48-10-16-19(51-53(41,42)43)20(37)27(5,50-16)34-13-33-18-22(28)31-12-32-23(18)34/h12-14,16,19-21,37-38H,6-11H2,1-5H3,(H,29,36)(H,30,39)(H,44,45)(H,46,47)(H2,28,31,32)(H2,41,42,43)/p-4. The van der Waals surface area contributed by atoms with Gasteiger partial charge in [0.15, 0.2) is 22.3 Å². The molecule has 3 heterocycles. The minimum Gasteiger partial charge on any atom is -0.790 e. The summed E-state index contributed by atoms with van der Waals surface area (Å²) in [5, 5.41) is 26.0. The number of nitrogens with two attached hydrogens (primary N) is 1. The lowest BCUT2D eigenvalue weighted by molar-refractivity contribution is -0.347. The van der Waals surface area contributed by atoms with Gasteiger partial charge in [-0.05, 0) is 20.8 Å². The van der Waals surface area contributed by atoms with Crippen molar-refractivity contribution in [1.29, 1.82) is 0 Å². The number of phosphoric ester groups is 3. The molecule has 0 aromatic carbocycles. The van der Waals surface area contributed by atoms with Crippen LogP contribution in [0.4, 0.5) is 5.82 Å². The number of aromatic nitrogens is 4. The topological polar surface area (TPSA) is 392 Å². The summed E-state index contributed by atoms with van der Waals surface area (Å²) in [6, 6.07) is 0. The van der Waals surface area contributed by atoms with Gasteiger partial charge in [-0.3, -0.25) is 32.9 Å². The van der Waals surface area contributed by atoms with Crippen LogP contribution in [0.15, 0.2) is 12.7 Å². The average molecular weight is 876 g/mol. The molecule has 3 rings (SSSR count). The van der Waals surface area contributed by atoms with Crippen molar-refractivity contribution in [3.05, 3.63) is 12.7 Å². The third kappa shape index (κ3) is 12.9. The maximum absolute atomic E-state index is 12.6. The van der Waals surface area contributed by atoms with Crippen molar-refractivity contribution in [1.82, 2.24) is 30.2 Å². The van der Waals surface area contributed by atoms with Crippen molar-refractivity contribution in [3.63, 3.8) is 0 Å². The molecule has 2 aromatic heterocycles. The van der Waals surface area contributed by atoms with Crippen LogP contribution < -0.4 is 35.9 Å². The highest BCUT2D eigenvalue weighted by molar-refractivity contribution is 8.13. The van der Waals surface area contributed by atoms with E-state index in [4.69, 9.17) is 10.5 Å². The molecular formula is C27H40N7O18P3S-4. The molecule has 2 aromatic rings. The Morgan fingerprint density at radius 2 is 1.73 bits per heavy atom. The molecule has 0 bridgehead atoms. The number of anilines is 1. The van der Waals surface area contributed by atoms with Crippen molar-refractivity contribution in [2.75, 3.05) is 37.8 Å². The van der Waals surface area contributed by atoms with Gasteiger partial charge >= 0.3 is 0 Å². The first kappa shape index (κ1) is 47.6. The number of thioether (sulfide) groups is 1. The maximum atomic E-state index is 12.6. The first-order valence-corrected chi connectivity index (χ1v) is 21.6. The second-order valence-electron chi connectivity index (χ2n) is 13.0. The Morgan fingerprint density at radius 3 is 2.36 bits per heavy atom. The minimum absolute atomic E-state index is 0.0286. The Hall–Kier alpha value is -2.77. The fourth-order valence-corrected chi connectivity index (χ4v) is 8.41. The number of imidazole rings is 1. The monoisotopic (exact) mass is 875 g/mol. The molecule has 0 spiro atoms. The highest BCUT2D eigenvalue weighted by atomic mass is 32.2. The number of ether oxygens (including phenoxy) is 1. The van der Waals surface area contributed by atoms with E-state index in [1.165, 1.54) is 34.6 Å². The summed E-state index contributed by atoms with van der Waals surface area (Å²) in [5.74, 6) is -2.52. The molecule has 56 heavy (non-hydrogen) atoms. The first-order chi connectivity index (χ1) is 25.7. The second kappa shape index (κ2) is 18.9. The van der Waals surface area contributed by atoms with Crippen molar-refractivity contribution < 1.29 is 85.3 Å². The molecule has 0 radical (unpaired) electrons. The minimum atomic E-state index is -5.95. The van der Waals surface area contributed by atoms with E-state index >= 15 is 0 Å². The van der Waals surface area contributed by atoms with E-state index in [0.29, 0.717) is 0 Å². The van der Waals surface area contributed by atoms with E-state index in [0.717, 1.165) is 29.0 Å². The number of phosphoric acid groups is 3. The summed E-state index contributed by atoms with van der Waals surface area (Å²) in [7, 11) is -17.7. The fourth-order valence-electron chi connectivity index (χ4n) is 4.86. The van der Waals surface area contributed by atoms with E-state index in [1.54, 1.807) is 0 Å². The van der Waals surface area contributed by atoms with Gasteiger partial charge in [-0.2, -0.15) is 0 Å². The van der Waals surface area contributed by atoms with Gasteiger partial charge < -0.3 is 69.0 Å². The largest absolute Gasteiger partial charge is 0.790 e. The van der Waals surface area contributed by atoms with Crippen LogP contribution in [0.25, 0.3) is 11.2 Å². The highest BCUT2D eigenvalue weighted by Gasteiger charge is 2.55. The van der Waals surface area contributed by atoms with Gasteiger partial charge in [0.2, 0.25) is 11.8 Å². The molecule has 8 atom stereocenters. The summed E-state index contributed by atoms with van der Waals surface area (Å²) in [6.45, 7) is 3.80. The van der Waals surface area contributed by atoms with Gasteiger partial charge in [0.05, 0.1) is 33.3 Å². The van der Waals surface area contributed by atoms with Crippen LogP contribution in [0.5, 0.6) is 0 Å². The molecule has 0 aliphatic carbocycles. The number of aliphatic hydroxyl groups excluding tert-OH is 2. The van der Waals surface area contributed by atoms with E-state index in [2.05, 4.69) is 43.5 Å². The summed E-state index contributed by atoms with van der Waals surface area (Å²) in [6.07, 6.45) is -6.19. The Labute approximate surface area is 322 Å². The SMILES string of the molecule is CC(=O)C(C)C(=O)SCCNC(=O)CCNC(=O)C(O)C(C)(C)COP(=O)([O-])OP(=O)([O-])OCC1OC(C)(n2cnc3c(N)ncnc32)C(O)C1OP(=O)([O-])[O-]. The number of hydrogen-bond acceptors (Lipinski definition) is 23. The number of Topliss-reactive ketones (excluding diaryl/α,β-unsaturated/α-hetero) is 1. The third-order valence-electron chi connectivity index (χ3n) is 8.17. The predicted molar refractivity (Wildman–Crippen MR) is 183 cm³/mol. The Morgan fingerprint density at radius 1 is 1.09 bits per heavy atom. The Kier molecular flexibility index (Phi) is 16.0. The molecule has 316 valence electrons. The molecule has 1 saturated heterocycles. The molecule has 0 saturated carbocycles. The number of fused-ring (bicyclic) bond motifs is 1. The predicted octanol–water partition coefficient (Wildman–Crippen LogP) is -3.46. The first-order valence-electron chi connectivity index (χ1n) is 16.2. The smallest absolute Gasteiger partial charge is 0.274 e. The van der Waals surface area contributed by atoms with Crippen LogP contribution >= 0.6 is 35.2 Å². The normalized spacial score (nSPS) is 23.5. The highest BCUT2D eigenvalue weighted by Crippen LogP contribution is 2.56. The number of amides is 2. The number of carbonyl (C=O) groups is 4. The van der Waals surface area contributed by atoms with Crippen molar-refractivity contribution in [3.8, 4) is 0 Å². The molecule has 6 N–H and O–H groups in total. The average Bonchev–Trinajstić information content (AvgIpc) is 3.63. The molecule has 1 fully saturated rings. The van der Waals surface area contributed by atoms with Crippen LogP contribution in [-0.4, -0.2) is 109 Å². The van der Waals surface area contributed by atoms with Gasteiger partial charge in [0.1, 0.15) is 42.0 Å². The summed E-state index contributed by atoms with van der Waals surface area (Å²) >= 11 is 0.874. The number of nitrogen functional groups attached to an aromatic ring is 1. The molecule has 1 aliphatic rings. The van der Waals surface area contributed by atoms with E-state index in [1.807, 2.05) is 0 Å². The fraction of sp³-hybridized carbons (Fsp3) is 0.667. The van der Waals surface area contributed by atoms with Crippen LogP contribution in [0.1, 0.15) is 41.0 Å². The zero-order valence-corrected chi connectivity index (χ0v) is 33.8. The lowest BCUT2D eigenvalue weighted by Crippen LogP contribution is -2.46. The molecular weight excluding hydrogens is 835 g/mol. The van der Waals surface area contributed by atoms with Gasteiger partial charge in [0, 0.05) is 30.7 Å². The van der Waals surface area contributed by atoms with Gasteiger partial charge in [0.25, 0.3) is 15.6 Å². The van der Waals surface area contributed by atoms with Crippen molar-refractivity contribution in [2.45, 2.75) is 71.2 Å². The number of nitrogens with one attached hydrogen (secondary N) is 2. The van der Waals surface area contributed by atoms with Crippen LogP contribution in [0.3, 0.4) is 0 Å². The second-order valence-corrected chi connectivity index (χ2v) is 18.2. The lowest BCUT2D eigenvalue weighted by Gasteiger charge is -2.36. The number of nitrogens with zero attached hydrogens (tertiary/aromatic N) is 4. The number of rotatable bonds is 21. The number of carbonyl (C=O) groups excluding carboxylic acids is 4. The number of hydrogen-bond donors (Lipinski definition) is 5. The Balaban J connectivity index is 1.53. The molecule has 25 nitrogen and oxygen atoms in total. The van der Waals surface area contributed by atoms with Crippen LogP contribution in [-0.2, 0) is 61.2 Å². The molecule has 8 unspecified atom stereocenters. The zero-order valence-electron chi connectivity index (χ0n) is 30.3. The van der Waals surface area contributed by atoms with Crippen LogP contribution in [0, 0.1) is 11.3 Å².